The zero-order valence-corrected chi connectivity index (χ0v) is 16.0. The van der Waals surface area contributed by atoms with Crippen molar-refractivity contribution in [1.29, 1.82) is 0 Å². The van der Waals surface area contributed by atoms with Gasteiger partial charge in [-0.15, -0.1) is 0 Å². The second-order valence-electron chi connectivity index (χ2n) is 8.56. The van der Waals surface area contributed by atoms with Gasteiger partial charge in [-0.05, 0) is 36.5 Å². The fourth-order valence-corrected chi connectivity index (χ4v) is 5.27. The van der Waals surface area contributed by atoms with Crippen molar-refractivity contribution in [2.24, 2.45) is 23.2 Å². The molecule has 3 aliphatic rings. The van der Waals surface area contributed by atoms with E-state index < -0.39 is 6.10 Å². The first-order chi connectivity index (χ1) is 12.9. The molecule has 1 heterocycles. The number of allylic oxidation sites excluding steroid dienone is 1. The third-order valence-corrected chi connectivity index (χ3v) is 7.18. The lowest BCUT2D eigenvalue weighted by atomic mass is 9.55. The van der Waals surface area contributed by atoms with Crippen LogP contribution in [0.25, 0.3) is 0 Å². The molecule has 0 amide bonds. The summed E-state index contributed by atoms with van der Waals surface area (Å²) in [6, 6.07) is 6.33. The van der Waals surface area contributed by atoms with E-state index in [9.17, 15) is 14.3 Å². The van der Waals surface area contributed by atoms with Gasteiger partial charge in [0, 0.05) is 30.8 Å². The van der Waals surface area contributed by atoms with Crippen molar-refractivity contribution < 1.29 is 19.0 Å². The Hall–Kier alpha value is -1.72. The fraction of sp³-hybridized carbons (Fsp3) is 0.591. The number of rotatable bonds is 4. The summed E-state index contributed by atoms with van der Waals surface area (Å²) in [4.78, 5) is 12.5. The molecule has 4 nitrogen and oxygen atoms in total. The van der Waals surface area contributed by atoms with Gasteiger partial charge in [-0.1, -0.05) is 37.6 Å². The van der Waals surface area contributed by atoms with Crippen LogP contribution in [0.15, 0.2) is 35.9 Å². The number of aliphatic hydroxyl groups excluding tert-OH is 1. The summed E-state index contributed by atoms with van der Waals surface area (Å²) in [7, 11) is 0. The van der Waals surface area contributed by atoms with E-state index in [4.69, 9.17) is 4.74 Å². The van der Waals surface area contributed by atoms with Gasteiger partial charge in [0.15, 0.2) is 0 Å². The molecule has 0 spiro atoms. The van der Waals surface area contributed by atoms with Gasteiger partial charge in [0.25, 0.3) is 0 Å². The second kappa shape index (κ2) is 7.02. The third-order valence-electron chi connectivity index (χ3n) is 7.18. The van der Waals surface area contributed by atoms with Crippen LogP contribution in [0.1, 0.15) is 38.7 Å². The Labute approximate surface area is 159 Å². The minimum Gasteiger partial charge on any atom is -0.461 e. The Morgan fingerprint density at radius 1 is 1.33 bits per heavy atom. The Morgan fingerprint density at radius 2 is 2.07 bits per heavy atom. The molecule has 6 atom stereocenters. The largest absolute Gasteiger partial charge is 0.461 e. The number of carbonyl (C=O) groups excluding carboxylic acids is 1. The molecule has 2 aliphatic carbocycles. The van der Waals surface area contributed by atoms with Crippen LogP contribution in [-0.2, 0) is 16.1 Å². The van der Waals surface area contributed by atoms with Gasteiger partial charge in [0.1, 0.15) is 11.9 Å². The molecule has 2 N–H and O–H groups in total. The smallest absolute Gasteiger partial charge is 0.311 e. The summed E-state index contributed by atoms with van der Waals surface area (Å²) < 4.78 is 18.7. The first-order valence-electron chi connectivity index (χ1n) is 9.94. The maximum Gasteiger partial charge on any atom is 0.311 e. The lowest BCUT2D eigenvalue weighted by Gasteiger charge is -2.51. The Balaban J connectivity index is 1.48. The van der Waals surface area contributed by atoms with E-state index in [1.54, 1.807) is 12.1 Å². The number of hydrogen-bond donors (Lipinski definition) is 2. The van der Waals surface area contributed by atoms with E-state index >= 15 is 0 Å². The van der Waals surface area contributed by atoms with Crippen LogP contribution >= 0.6 is 0 Å². The highest BCUT2D eigenvalue weighted by atomic mass is 19.1. The molecule has 5 heteroatoms. The molecule has 146 valence electrons. The number of benzene rings is 1. The van der Waals surface area contributed by atoms with Gasteiger partial charge in [-0.25, -0.2) is 4.39 Å². The predicted octanol–water partition coefficient (Wildman–Crippen LogP) is 3.20. The highest BCUT2D eigenvalue weighted by molar-refractivity contribution is 5.76. The normalized spacial score (nSPS) is 38.0. The van der Waals surface area contributed by atoms with E-state index in [1.807, 2.05) is 0 Å². The number of halogens is 1. The van der Waals surface area contributed by atoms with Crippen LogP contribution in [0, 0.1) is 29.0 Å². The van der Waals surface area contributed by atoms with Crippen LogP contribution in [0.4, 0.5) is 4.39 Å². The topological polar surface area (TPSA) is 58.6 Å². The zero-order valence-electron chi connectivity index (χ0n) is 16.0. The molecule has 4 rings (SSSR count). The van der Waals surface area contributed by atoms with Gasteiger partial charge < -0.3 is 15.2 Å². The first kappa shape index (κ1) is 18.6. The van der Waals surface area contributed by atoms with Crippen LogP contribution in [-0.4, -0.2) is 29.8 Å². The van der Waals surface area contributed by atoms with Crippen molar-refractivity contribution in [1.82, 2.24) is 5.32 Å². The summed E-state index contributed by atoms with van der Waals surface area (Å²) in [5.74, 6) is -0.619. The van der Waals surface area contributed by atoms with Gasteiger partial charge in [-0.3, -0.25) is 4.79 Å². The van der Waals surface area contributed by atoms with E-state index in [-0.39, 0.29) is 35.1 Å². The number of carbonyl (C=O) groups is 1. The van der Waals surface area contributed by atoms with Crippen LogP contribution in [0.5, 0.6) is 0 Å². The number of aliphatic hydroxyl groups is 1. The molecule has 0 bridgehead atoms. The van der Waals surface area contributed by atoms with Crippen LogP contribution < -0.4 is 5.32 Å². The molecule has 2 fully saturated rings. The average Bonchev–Trinajstić information content (AvgIpc) is 2.95. The average molecular weight is 373 g/mol. The van der Waals surface area contributed by atoms with Gasteiger partial charge >= 0.3 is 5.97 Å². The minimum atomic E-state index is -0.582. The summed E-state index contributed by atoms with van der Waals surface area (Å²) >= 11 is 0. The lowest BCUT2D eigenvalue weighted by Crippen LogP contribution is -2.54. The van der Waals surface area contributed by atoms with Crippen LogP contribution in [0.2, 0.25) is 0 Å². The molecular formula is C22H28FNO3. The quantitative estimate of drug-likeness (QED) is 0.629. The standard InChI is InChI=1S/C22H28FNO3/c1-13-4-3-5-15-10-18-19(20(25)22(13,15)2)17(21(26)27-18)12-24-11-14-6-8-16(23)9-7-14/h5-9,13,17-20,24-25H,3-4,10-12H2,1-2H3/t13-,17-,18+,19+,20+,22+/m0/s1. The van der Waals surface area contributed by atoms with Crippen LogP contribution in [0.3, 0.4) is 0 Å². The molecule has 1 aliphatic heterocycles. The number of esters is 1. The number of nitrogens with one attached hydrogen (secondary N) is 1. The number of fused-ring (bicyclic) bond motifs is 2. The van der Waals surface area contributed by atoms with Crippen molar-refractivity contribution in [3.05, 3.63) is 47.3 Å². The fourth-order valence-electron chi connectivity index (χ4n) is 5.27. The zero-order chi connectivity index (χ0) is 19.2. The monoisotopic (exact) mass is 373 g/mol. The minimum absolute atomic E-state index is 0.180. The molecule has 1 aromatic rings. The van der Waals surface area contributed by atoms with E-state index in [2.05, 4.69) is 25.2 Å². The molecular weight excluding hydrogens is 345 g/mol. The van der Waals surface area contributed by atoms with Crippen molar-refractivity contribution in [2.75, 3.05) is 6.54 Å². The summed E-state index contributed by atoms with van der Waals surface area (Å²) in [6.07, 6.45) is 4.27. The van der Waals surface area contributed by atoms with E-state index in [0.717, 1.165) is 24.8 Å². The van der Waals surface area contributed by atoms with E-state index in [1.165, 1.54) is 17.7 Å². The molecule has 0 aromatic heterocycles. The van der Waals surface area contributed by atoms with Crippen molar-refractivity contribution >= 4 is 5.97 Å². The van der Waals surface area contributed by atoms with Gasteiger partial charge in [-0.2, -0.15) is 0 Å². The molecule has 1 saturated carbocycles. The maximum absolute atomic E-state index is 13.0. The molecule has 1 saturated heterocycles. The SMILES string of the molecule is C[C@H]1CCC=C2C[C@H]3OC(=O)[C@@H](CNCc4ccc(F)cc4)[C@H]3[C@@H](O)[C@@]21C. The van der Waals surface area contributed by atoms with E-state index in [0.29, 0.717) is 19.0 Å². The molecule has 1 aromatic carbocycles. The van der Waals surface area contributed by atoms with Crippen molar-refractivity contribution in [2.45, 2.75) is 51.9 Å². The Kier molecular flexibility index (Phi) is 4.85. The second-order valence-corrected chi connectivity index (χ2v) is 8.56. The van der Waals surface area contributed by atoms with Crippen molar-refractivity contribution in [3.8, 4) is 0 Å². The molecule has 27 heavy (non-hydrogen) atoms. The molecule has 0 radical (unpaired) electrons. The highest BCUT2D eigenvalue weighted by Gasteiger charge is 2.59. The molecule has 0 unspecified atom stereocenters. The third kappa shape index (κ3) is 3.11. The lowest BCUT2D eigenvalue weighted by molar-refractivity contribution is -0.144. The Bertz CT molecular complexity index is 746. The first-order valence-corrected chi connectivity index (χ1v) is 9.94. The number of ether oxygens (including phenoxy) is 1. The number of hydrogen-bond acceptors (Lipinski definition) is 4. The predicted molar refractivity (Wildman–Crippen MR) is 100 cm³/mol. The van der Waals surface area contributed by atoms with Gasteiger partial charge in [0.2, 0.25) is 0 Å². The summed E-state index contributed by atoms with van der Waals surface area (Å²) in [5.41, 5.74) is 1.94. The summed E-state index contributed by atoms with van der Waals surface area (Å²) in [6.45, 7) is 5.36. The Morgan fingerprint density at radius 3 is 2.81 bits per heavy atom. The maximum atomic E-state index is 13.0. The van der Waals surface area contributed by atoms with Crippen molar-refractivity contribution in [3.63, 3.8) is 0 Å². The summed E-state index contributed by atoms with van der Waals surface area (Å²) in [5, 5.41) is 14.6. The highest BCUT2D eigenvalue weighted by Crippen LogP contribution is 2.55. The van der Waals surface area contributed by atoms with Gasteiger partial charge in [0.05, 0.1) is 12.0 Å².